The number of nitrogens with zero attached hydrogens (tertiary/aromatic N) is 4. The predicted octanol–water partition coefficient (Wildman–Crippen LogP) is 5.43. The predicted molar refractivity (Wildman–Crippen MR) is 123 cm³/mol. The Balaban J connectivity index is 1.69. The Labute approximate surface area is 186 Å². The van der Waals surface area contributed by atoms with Crippen molar-refractivity contribution in [1.82, 2.24) is 19.9 Å². The molecule has 6 nitrogen and oxygen atoms in total. The van der Waals surface area contributed by atoms with E-state index in [2.05, 4.69) is 38.1 Å². The summed E-state index contributed by atoms with van der Waals surface area (Å²) < 4.78 is 7.92. The summed E-state index contributed by atoms with van der Waals surface area (Å²) in [6, 6.07) is 22.7. The maximum Gasteiger partial charge on any atom is 0.279 e. The quantitative estimate of drug-likeness (QED) is 0.348. The average Bonchev–Trinajstić information content (AvgIpc) is 3.30. The van der Waals surface area contributed by atoms with Gasteiger partial charge in [-0.2, -0.15) is 14.8 Å². The van der Waals surface area contributed by atoms with Crippen LogP contribution in [0.4, 0.5) is 0 Å². The number of hydrogen-bond donors (Lipinski definition) is 0. The zero-order valence-electron chi connectivity index (χ0n) is 16.6. The maximum atomic E-state index is 13.2. The highest BCUT2D eigenvalue weighted by Gasteiger charge is 2.19. The van der Waals surface area contributed by atoms with Gasteiger partial charge in [-0.15, -0.1) is 0 Å². The van der Waals surface area contributed by atoms with Crippen LogP contribution in [0.25, 0.3) is 39.4 Å². The van der Waals surface area contributed by atoms with E-state index in [-0.39, 0.29) is 11.4 Å². The summed E-state index contributed by atoms with van der Waals surface area (Å²) in [7, 11) is 0. The fourth-order valence-electron chi connectivity index (χ4n) is 3.43. The van der Waals surface area contributed by atoms with Gasteiger partial charge in [-0.05, 0) is 54.4 Å². The molecule has 0 saturated heterocycles. The molecule has 31 heavy (non-hydrogen) atoms. The molecule has 0 amide bonds. The standard InChI is InChI=1S/C24H17BrN4O2/c1-2-15-7-13-18(14-8-15)29-24(30)20-6-4-3-5-19(20)21(27-29)23-26-22(28-31-23)16-9-11-17(25)12-10-16/h3-14H,2H2,1H3. The number of halogens is 1. The molecule has 3 aromatic carbocycles. The van der Waals surface area contributed by atoms with Crippen molar-refractivity contribution < 1.29 is 4.52 Å². The fraction of sp³-hybridized carbons (Fsp3) is 0.0833. The van der Waals surface area contributed by atoms with Crippen molar-refractivity contribution in [2.75, 3.05) is 0 Å². The van der Waals surface area contributed by atoms with Crippen molar-refractivity contribution in [2.24, 2.45) is 0 Å². The third kappa shape index (κ3) is 3.57. The molecule has 0 fully saturated rings. The van der Waals surface area contributed by atoms with E-state index in [9.17, 15) is 4.79 Å². The first-order chi connectivity index (χ1) is 15.1. The van der Waals surface area contributed by atoms with Crippen LogP contribution in [0.15, 0.2) is 86.6 Å². The first-order valence-electron chi connectivity index (χ1n) is 9.85. The van der Waals surface area contributed by atoms with E-state index >= 15 is 0 Å². The molecule has 0 bridgehead atoms. The van der Waals surface area contributed by atoms with Crippen LogP contribution in [0.3, 0.4) is 0 Å². The van der Waals surface area contributed by atoms with Gasteiger partial charge in [0, 0.05) is 15.4 Å². The summed E-state index contributed by atoms with van der Waals surface area (Å²) in [5.74, 6) is 0.714. The van der Waals surface area contributed by atoms with Gasteiger partial charge in [0.25, 0.3) is 11.4 Å². The van der Waals surface area contributed by atoms with Crippen molar-refractivity contribution >= 4 is 26.7 Å². The maximum absolute atomic E-state index is 13.2. The lowest BCUT2D eigenvalue weighted by Gasteiger charge is -2.09. The number of hydrogen-bond acceptors (Lipinski definition) is 5. The molecule has 152 valence electrons. The Morgan fingerprint density at radius 2 is 1.65 bits per heavy atom. The third-order valence-electron chi connectivity index (χ3n) is 5.13. The normalized spacial score (nSPS) is 11.2. The highest BCUT2D eigenvalue weighted by molar-refractivity contribution is 9.10. The Morgan fingerprint density at radius 1 is 0.935 bits per heavy atom. The molecule has 0 aliphatic rings. The van der Waals surface area contributed by atoms with Crippen LogP contribution in [0.1, 0.15) is 12.5 Å². The van der Waals surface area contributed by atoms with Crippen LogP contribution < -0.4 is 5.56 Å². The molecule has 0 saturated carbocycles. The van der Waals surface area contributed by atoms with Gasteiger partial charge in [-0.1, -0.05) is 58.3 Å². The molecule has 0 unspecified atom stereocenters. The molecule has 5 aromatic rings. The van der Waals surface area contributed by atoms with Gasteiger partial charge in [0.1, 0.15) is 0 Å². The minimum Gasteiger partial charge on any atom is -0.332 e. The van der Waals surface area contributed by atoms with Crippen molar-refractivity contribution in [3.63, 3.8) is 0 Å². The Kier molecular flexibility index (Phi) is 4.95. The van der Waals surface area contributed by atoms with Crippen LogP contribution >= 0.6 is 15.9 Å². The zero-order chi connectivity index (χ0) is 21.4. The fourth-order valence-corrected chi connectivity index (χ4v) is 3.70. The summed E-state index contributed by atoms with van der Waals surface area (Å²) >= 11 is 3.43. The van der Waals surface area contributed by atoms with Crippen LogP contribution in [-0.4, -0.2) is 19.9 Å². The molecule has 0 aliphatic carbocycles. The zero-order valence-corrected chi connectivity index (χ0v) is 18.2. The van der Waals surface area contributed by atoms with Gasteiger partial charge in [0.05, 0.1) is 11.1 Å². The Morgan fingerprint density at radius 3 is 2.35 bits per heavy atom. The van der Waals surface area contributed by atoms with Gasteiger partial charge < -0.3 is 4.52 Å². The van der Waals surface area contributed by atoms with Gasteiger partial charge in [0.15, 0.2) is 5.69 Å². The van der Waals surface area contributed by atoms with E-state index in [1.54, 1.807) is 6.07 Å². The van der Waals surface area contributed by atoms with E-state index in [4.69, 9.17) is 4.52 Å². The molecule has 0 N–H and O–H groups in total. The molecule has 2 aromatic heterocycles. The minimum atomic E-state index is -0.198. The second-order valence-electron chi connectivity index (χ2n) is 7.06. The summed E-state index contributed by atoms with van der Waals surface area (Å²) in [4.78, 5) is 17.7. The number of rotatable bonds is 4. The van der Waals surface area contributed by atoms with Crippen LogP contribution in [0.5, 0.6) is 0 Å². The van der Waals surface area contributed by atoms with Gasteiger partial charge in [-0.3, -0.25) is 4.79 Å². The summed E-state index contributed by atoms with van der Waals surface area (Å²) in [6.45, 7) is 2.09. The van der Waals surface area contributed by atoms with Crippen molar-refractivity contribution in [1.29, 1.82) is 0 Å². The van der Waals surface area contributed by atoms with Gasteiger partial charge >= 0.3 is 0 Å². The SMILES string of the molecule is CCc1ccc(-n2nc(-c3nc(-c4ccc(Br)cc4)no3)c3ccccc3c2=O)cc1. The van der Waals surface area contributed by atoms with Crippen LogP contribution in [0.2, 0.25) is 0 Å². The second kappa shape index (κ2) is 7.92. The molecule has 5 rings (SSSR count). The molecule has 7 heteroatoms. The number of benzene rings is 3. The number of aromatic nitrogens is 4. The van der Waals surface area contributed by atoms with E-state index in [1.807, 2.05) is 66.7 Å². The first-order valence-corrected chi connectivity index (χ1v) is 10.6. The smallest absolute Gasteiger partial charge is 0.279 e. The number of fused-ring (bicyclic) bond motifs is 1. The van der Waals surface area contributed by atoms with Crippen molar-refractivity contribution in [2.45, 2.75) is 13.3 Å². The highest BCUT2D eigenvalue weighted by Crippen LogP contribution is 2.27. The highest BCUT2D eigenvalue weighted by atomic mass is 79.9. The first kappa shape index (κ1) is 19.4. The minimum absolute atomic E-state index is 0.198. The summed E-state index contributed by atoms with van der Waals surface area (Å²) in [5.41, 5.74) is 2.96. The molecule has 0 radical (unpaired) electrons. The van der Waals surface area contributed by atoms with E-state index in [0.29, 0.717) is 28.0 Å². The van der Waals surface area contributed by atoms with E-state index in [0.717, 1.165) is 16.5 Å². The third-order valence-corrected chi connectivity index (χ3v) is 5.65. The van der Waals surface area contributed by atoms with E-state index in [1.165, 1.54) is 10.2 Å². The van der Waals surface area contributed by atoms with Gasteiger partial charge in [0.2, 0.25) is 5.82 Å². The molecule has 2 heterocycles. The largest absolute Gasteiger partial charge is 0.332 e. The second-order valence-corrected chi connectivity index (χ2v) is 7.98. The number of aryl methyl sites for hydroxylation is 1. The molecule has 0 aliphatic heterocycles. The lowest BCUT2D eigenvalue weighted by atomic mass is 10.1. The molecular formula is C24H17BrN4O2. The molecular weight excluding hydrogens is 456 g/mol. The van der Waals surface area contributed by atoms with Crippen LogP contribution in [-0.2, 0) is 6.42 Å². The van der Waals surface area contributed by atoms with Crippen molar-refractivity contribution in [3.8, 4) is 28.7 Å². The van der Waals surface area contributed by atoms with Crippen LogP contribution in [0, 0.1) is 0 Å². The Bertz CT molecular complexity index is 1440. The average molecular weight is 473 g/mol. The topological polar surface area (TPSA) is 73.8 Å². The summed E-state index contributed by atoms with van der Waals surface area (Å²) in [6.07, 6.45) is 0.923. The van der Waals surface area contributed by atoms with Gasteiger partial charge in [-0.25, -0.2) is 0 Å². The molecule has 0 atom stereocenters. The van der Waals surface area contributed by atoms with Crippen molar-refractivity contribution in [3.05, 3.63) is 93.2 Å². The Hall–Kier alpha value is -3.58. The monoisotopic (exact) mass is 472 g/mol. The lowest BCUT2D eigenvalue weighted by molar-refractivity contribution is 0.430. The lowest BCUT2D eigenvalue weighted by Crippen LogP contribution is -2.22. The summed E-state index contributed by atoms with van der Waals surface area (Å²) in [5, 5.41) is 9.94. The van der Waals surface area contributed by atoms with E-state index < -0.39 is 0 Å². The molecule has 0 spiro atoms.